The maximum Gasteiger partial charge on any atom is 0.124 e. The summed E-state index contributed by atoms with van der Waals surface area (Å²) in [5.41, 5.74) is 2.42. The Bertz CT molecular complexity index is 442. The number of aryl methyl sites for hydroxylation is 1. The van der Waals surface area contributed by atoms with Gasteiger partial charge in [-0.1, -0.05) is 12.1 Å². The van der Waals surface area contributed by atoms with Crippen LogP contribution in [0.3, 0.4) is 0 Å². The molecule has 1 aromatic heterocycles. The number of carbonyl (C=O) groups is 1. The van der Waals surface area contributed by atoms with Crippen LogP contribution in [0.5, 0.6) is 0 Å². The summed E-state index contributed by atoms with van der Waals surface area (Å²) >= 11 is 1.71. The summed E-state index contributed by atoms with van der Waals surface area (Å²) in [5.74, 6) is 0. The van der Waals surface area contributed by atoms with Gasteiger partial charge in [-0.3, -0.25) is 0 Å². The van der Waals surface area contributed by atoms with E-state index < -0.39 is 0 Å². The molecule has 0 atom stereocenters. The summed E-state index contributed by atoms with van der Waals surface area (Å²) in [4.78, 5) is 10.4. The zero-order valence-corrected chi connectivity index (χ0v) is 8.23. The molecule has 0 N–H and O–H groups in total. The molecule has 2 aromatic rings. The molecule has 1 heterocycles. The van der Waals surface area contributed by atoms with Crippen LogP contribution in [0.15, 0.2) is 23.6 Å². The molecule has 1 aromatic carbocycles. The summed E-state index contributed by atoms with van der Waals surface area (Å²) in [6.45, 7) is 2.09. The average Bonchev–Trinajstić information content (AvgIpc) is 2.51. The van der Waals surface area contributed by atoms with Gasteiger partial charge in [0.1, 0.15) is 6.29 Å². The van der Waals surface area contributed by atoms with Gasteiger partial charge in [-0.15, -0.1) is 11.3 Å². The van der Waals surface area contributed by atoms with Crippen molar-refractivity contribution in [1.82, 2.24) is 0 Å². The van der Waals surface area contributed by atoms with Crippen LogP contribution in [-0.4, -0.2) is 6.29 Å². The number of rotatable bonds is 2. The number of aldehydes is 1. The highest BCUT2D eigenvalue weighted by Crippen LogP contribution is 2.28. The molecule has 0 aliphatic carbocycles. The van der Waals surface area contributed by atoms with E-state index in [0.29, 0.717) is 6.42 Å². The Kier molecular flexibility index (Phi) is 2.15. The molecule has 2 rings (SSSR count). The van der Waals surface area contributed by atoms with Crippen molar-refractivity contribution in [3.63, 3.8) is 0 Å². The van der Waals surface area contributed by atoms with Crippen molar-refractivity contribution in [2.24, 2.45) is 0 Å². The lowest BCUT2D eigenvalue weighted by Crippen LogP contribution is -1.84. The van der Waals surface area contributed by atoms with E-state index in [2.05, 4.69) is 30.5 Å². The summed E-state index contributed by atoms with van der Waals surface area (Å²) in [7, 11) is 0. The fourth-order valence-electron chi connectivity index (χ4n) is 1.58. The summed E-state index contributed by atoms with van der Waals surface area (Å²) in [6, 6.07) is 6.24. The maximum absolute atomic E-state index is 10.4. The average molecular weight is 190 g/mol. The molecule has 0 radical (unpaired) electrons. The number of carbonyl (C=O) groups excluding carboxylic acids is 1. The van der Waals surface area contributed by atoms with Crippen LogP contribution in [0, 0.1) is 6.92 Å². The van der Waals surface area contributed by atoms with Gasteiger partial charge in [-0.05, 0) is 34.9 Å². The third kappa shape index (κ3) is 1.38. The Balaban J connectivity index is 2.70. The van der Waals surface area contributed by atoms with Crippen molar-refractivity contribution in [1.29, 1.82) is 0 Å². The number of hydrogen-bond donors (Lipinski definition) is 0. The second-order valence-electron chi connectivity index (χ2n) is 3.08. The first-order chi connectivity index (χ1) is 6.33. The van der Waals surface area contributed by atoms with E-state index in [0.717, 1.165) is 11.8 Å². The Hall–Kier alpha value is -1.15. The topological polar surface area (TPSA) is 17.1 Å². The molecule has 0 aliphatic rings. The van der Waals surface area contributed by atoms with Gasteiger partial charge in [0.25, 0.3) is 0 Å². The van der Waals surface area contributed by atoms with Crippen LogP contribution in [-0.2, 0) is 11.2 Å². The van der Waals surface area contributed by atoms with E-state index in [1.807, 2.05) is 0 Å². The van der Waals surface area contributed by atoms with Crippen LogP contribution in [0.25, 0.3) is 10.1 Å². The highest BCUT2D eigenvalue weighted by atomic mass is 32.1. The van der Waals surface area contributed by atoms with Crippen LogP contribution < -0.4 is 0 Å². The number of fused-ring (bicyclic) bond motifs is 1. The zero-order chi connectivity index (χ0) is 9.26. The van der Waals surface area contributed by atoms with Crippen LogP contribution in [0.2, 0.25) is 0 Å². The fourth-order valence-corrected chi connectivity index (χ4v) is 2.63. The smallest absolute Gasteiger partial charge is 0.124 e. The van der Waals surface area contributed by atoms with Gasteiger partial charge in [0.05, 0.1) is 0 Å². The number of thiophene rings is 1. The zero-order valence-electron chi connectivity index (χ0n) is 7.41. The third-order valence-electron chi connectivity index (χ3n) is 2.19. The minimum Gasteiger partial charge on any atom is -0.303 e. The van der Waals surface area contributed by atoms with Gasteiger partial charge < -0.3 is 4.79 Å². The lowest BCUT2D eigenvalue weighted by molar-refractivity contribution is -0.107. The van der Waals surface area contributed by atoms with Crippen molar-refractivity contribution in [3.8, 4) is 0 Å². The fraction of sp³-hybridized carbons (Fsp3) is 0.182. The quantitative estimate of drug-likeness (QED) is 0.665. The molecule has 0 aliphatic heterocycles. The van der Waals surface area contributed by atoms with E-state index in [9.17, 15) is 4.79 Å². The van der Waals surface area contributed by atoms with Crippen molar-refractivity contribution in [2.75, 3.05) is 0 Å². The standard InChI is InChI=1S/C11H10OS/c1-8-3-2-4-10-11(8)9(5-6-12)7-13-10/h2-4,6-7H,5H2,1H3. The molecule has 0 fully saturated rings. The molecule has 0 unspecified atom stereocenters. The Morgan fingerprint density at radius 2 is 2.31 bits per heavy atom. The monoisotopic (exact) mass is 190 g/mol. The van der Waals surface area contributed by atoms with Gasteiger partial charge in [-0.2, -0.15) is 0 Å². The molecule has 66 valence electrons. The summed E-state index contributed by atoms with van der Waals surface area (Å²) < 4.78 is 1.27. The van der Waals surface area contributed by atoms with E-state index in [1.54, 1.807) is 11.3 Å². The SMILES string of the molecule is Cc1cccc2scc(CC=O)c12. The first kappa shape index (κ1) is 8.45. The van der Waals surface area contributed by atoms with E-state index in [-0.39, 0.29) is 0 Å². The molecular weight excluding hydrogens is 180 g/mol. The van der Waals surface area contributed by atoms with Crippen LogP contribution in [0.4, 0.5) is 0 Å². The van der Waals surface area contributed by atoms with Gasteiger partial charge >= 0.3 is 0 Å². The molecular formula is C11H10OS. The maximum atomic E-state index is 10.4. The summed E-state index contributed by atoms with van der Waals surface area (Å²) in [6.07, 6.45) is 1.50. The Labute approximate surface area is 81.0 Å². The molecule has 2 heteroatoms. The number of benzene rings is 1. The van der Waals surface area contributed by atoms with E-state index in [4.69, 9.17) is 0 Å². The van der Waals surface area contributed by atoms with Crippen molar-refractivity contribution in [2.45, 2.75) is 13.3 Å². The molecule has 0 saturated carbocycles. The van der Waals surface area contributed by atoms with Crippen molar-refractivity contribution in [3.05, 3.63) is 34.7 Å². The molecule has 0 bridgehead atoms. The van der Waals surface area contributed by atoms with Gasteiger partial charge in [0.2, 0.25) is 0 Å². The van der Waals surface area contributed by atoms with Crippen molar-refractivity contribution < 1.29 is 4.79 Å². The molecule has 0 spiro atoms. The van der Waals surface area contributed by atoms with Crippen LogP contribution in [0.1, 0.15) is 11.1 Å². The highest BCUT2D eigenvalue weighted by Gasteiger charge is 2.04. The van der Waals surface area contributed by atoms with E-state index in [1.165, 1.54) is 15.6 Å². The largest absolute Gasteiger partial charge is 0.303 e. The molecule has 13 heavy (non-hydrogen) atoms. The molecule has 1 nitrogen and oxygen atoms in total. The minimum atomic E-state index is 0.533. The Morgan fingerprint density at radius 1 is 1.46 bits per heavy atom. The number of hydrogen-bond acceptors (Lipinski definition) is 2. The summed E-state index contributed by atoms with van der Waals surface area (Å²) in [5, 5.41) is 3.34. The lowest BCUT2D eigenvalue weighted by Gasteiger charge is -1.97. The lowest BCUT2D eigenvalue weighted by atomic mass is 10.1. The van der Waals surface area contributed by atoms with Crippen molar-refractivity contribution >= 4 is 27.7 Å². The normalized spacial score (nSPS) is 10.5. The first-order valence-corrected chi connectivity index (χ1v) is 5.10. The minimum absolute atomic E-state index is 0.533. The second kappa shape index (κ2) is 3.30. The molecule has 0 saturated heterocycles. The third-order valence-corrected chi connectivity index (χ3v) is 3.18. The predicted octanol–water partition coefficient (Wildman–Crippen LogP) is 2.95. The van der Waals surface area contributed by atoms with E-state index >= 15 is 0 Å². The second-order valence-corrected chi connectivity index (χ2v) is 3.99. The van der Waals surface area contributed by atoms with Crippen LogP contribution >= 0.6 is 11.3 Å². The first-order valence-electron chi connectivity index (χ1n) is 4.22. The van der Waals surface area contributed by atoms with Gasteiger partial charge in [0.15, 0.2) is 0 Å². The highest BCUT2D eigenvalue weighted by molar-refractivity contribution is 7.17. The molecule has 0 amide bonds. The Morgan fingerprint density at radius 3 is 3.08 bits per heavy atom. The van der Waals surface area contributed by atoms with Gasteiger partial charge in [0, 0.05) is 11.1 Å². The predicted molar refractivity (Wildman–Crippen MR) is 56.3 cm³/mol. The van der Waals surface area contributed by atoms with Gasteiger partial charge in [-0.25, -0.2) is 0 Å².